The van der Waals surface area contributed by atoms with Crippen molar-refractivity contribution in [2.75, 3.05) is 4.90 Å². The zero-order valence-electron chi connectivity index (χ0n) is 19.4. The van der Waals surface area contributed by atoms with Gasteiger partial charge in [0.1, 0.15) is 6.17 Å². The van der Waals surface area contributed by atoms with Crippen molar-refractivity contribution in [3.8, 4) is 0 Å². The molecule has 0 radical (unpaired) electrons. The number of allylic oxidation sites excluding steroid dienone is 1. The van der Waals surface area contributed by atoms with Gasteiger partial charge < -0.3 is 9.80 Å². The van der Waals surface area contributed by atoms with E-state index in [4.69, 9.17) is 0 Å². The Labute approximate surface area is 187 Å². The summed E-state index contributed by atoms with van der Waals surface area (Å²) >= 11 is 0. The number of fused-ring (bicyclic) bond motifs is 3. The lowest BCUT2D eigenvalue weighted by Crippen LogP contribution is -2.55. The van der Waals surface area contributed by atoms with E-state index in [0.29, 0.717) is 6.17 Å². The van der Waals surface area contributed by atoms with E-state index in [1.165, 1.54) is 79.6 Å². The van der Waals surface area contributed by atoms with E-state index < -0.39 is 0 Å². The van der Waals surface area contributed by atoms with Gasteiger partial charge in [0, 0.05) is 16.9 Å². The van der Waals surface area contributed by atoms with Gasteiger partial charge in [-0.15, -0.1) is 0 Å². The Morgan fingerprint density at radius 3 is 2.00 bits per heavy atom. The quantitative estimate of drug-likeness (QED) is 0.517. The monoisotopic (exact) mass is 412 g/mol. The molecule has 0 spiro atoms. The summed E-state index contributed by atoms with van der Waals surface area (Å²) in [5, 5.41) is 0. The molecule has 2 heteroatoms. The van der Waals surface area contributed by atoms with Gasteiger partial charge in [0.25, 0.3) is 0 Å². The minimum absolute atomic E-state index is 0.178. The Hall–Kier alpha value is -2.22. The average Bonchev–Trinajstić information content (AvgIpc) is 3.56. The second-order valence-electron chi connectivity index (χ2n) is 10.4. The van der Waals surface area contributed by atoms with Gasteiger partial charge in [-0.1, -0.05) is 68.1 Å². The van der Waals surface area contributed by atoms with Gasteiger partial charge in [0.05, 0.1) is 11.2 Å². The van der Waals surface area contributed by atoms with Crippen LogP contribution in [0.25, 0.3) is 5.70 Å². The molecule has 2 nitrogen and oxygen atoms in total. The molecule has 1 unspecified atom stereocenters. The van der Waals surface area contributed by atoms with Gasteiger partial charge in [0.2, 0.25) is 0 Å². The van der Waals surface area contributed by atoms with Crippen molar-refractivity contribution in [3.63, 3.8) is 0 Å². The van der Waals surface area contributed by atoms with Crippen LogP contribution < -0.4 is 4.90 Å². The minimum Gasteiger partial charge on any atom is -0.339 e. The molecule has 2 aliphatic heterocycles. The summed E-state index contributed by atoms with van der Waals surface area (Å²) in [5.74, 6) is 1.56. The third-order valence-electron chi connectivity index (χ3n) is 9.03. The Bertz CT molecular complexity index is 1010. The van der Waals surface area contributed by atoms with E-state index in [0.717, 1.165) is 11.8 Å². The number of para-hydroxylation sites is 1. The first kappa shape index (κ1) is 19.5. The highest BCUT2D eigenvalue weighted by Gasteiger charge is 2.61. The molecule has 6 rings (SSSR count). The number of anilines is 1. The lowest BCUT2D eigenvalue weighted by atomic mass is 9.67. The molecule has 0 amide bonds. The molecule has 2 aromatic rings. The standard InChI is InChI=1S/C29H36N2/c1-20-12-4-11-19-27(20)30-21(2)28-25-17-9-10-18-26(25)29(31(28)22(30)3,23-13-5-6-14-23)24-15-7-8-16-24/h4,9-12,17-19,22-24H,5-8,13-16H2,1-3H3. The maximum Gasteiger partial charge on any atom is 0.104 e. The molecule has 2 aromatic carbocycles. The van der Waals surface area contributed by atoms with Gasteiger partial charge in [-0.05, 0) is 75.5 Å². The lowest BCUT2D eigenvalue weighted by Gasteiger charge is -2.51. The zero-order chi connectivity index (χ0) is 21.2. The highest BCUT2D eigenvalue weighted by atomic mass is 15.5. The molecule has 162 valence electrons. The van der Waals surface area contributed by atoms with E-state index in [1.807, 2.05) is 0 Å². The van der Waals surface area contributed by atoms with E-state index >= 15 is 0 Å². The van der Waals surface area contributed by atoms with E-state index in [2.05, 4.69) is 79.1 Å². The Morgan fingerprint density at radius 2 is 1.35 bits per heavy atom. The smallest absolute Gasteiger partial charge is 0.104 e. The molecule has 2 aliphatic carbocycles. The Morgan fingerprint density at radius 1 is 0.774 bits per heavy atom. The van der Waals surface area contributed by atoms with Crippen LogP contribution in [0.5, 0.6) is 0 Å². The number of benzene rings is 2. The van der Waals surface area contributed by atoms with Crippen LogP contribution in [0.1, 0.15) is 81.9 Å². The second kappa shape index (κ2) is 7.15. The number of nitrogens with zero attached hydrogens (tertiary/aromatic N) is 2. The maximum atomic E-state index is 2.94. The highest BCUT2D eigenvalue weighted by Crippen LogP contribution is 2.64. The Balaban J connectivity index is 1.60. The van der Waals surface area contributed by atoms with Crippen LogP contribution in [-0.2, 0) is 5.54 Å². The van der Waals surface area contributed by atoms with Crippen LogP contribution in [0.15, 0.2) is 54.2 Å². The van der Waals surface area contributed by atoms with Crippen LogP contribution in [0.4, 0.5) is 5.69 Å². The Kier molecular flexibility index (Phi) is 4.49. The van der Waals surface area contributed by atoms with Crippen LogP contribution in [-0.4, -0.2) is 11.1 Å². The fourth-order valence-corrected chi connectivity index (χ4v) is 7.97. The summed E-state index contributed by atoms with van der Waals surface area (Å²) in [6, 6.07) is 18.4. The lowest BCUT2D eigenvalue weighted by molar-refractivity contribution is 0.0151. The summed E-state index contributed by atoms with van der Waals surface area (Å²) < 4.78 is 0. The van der Waals surface area contributed by atoms with E-state index in [9.17, 15) is 0 Å². The van der Waals surface area contributed by atoms with Crippen LogP contribution >= 0.6 is 0 Å². The molecule has 0 N–H and O–H groups in total. The van der Waals surface area contributed by atoms with Crippen molar-refractivity contribution >= 4 is 11.4 Å². The first-order valence-electron chi connectivity index (χ1n) is 12.6. The normalized spacial score (nSPS) is 25.6. The van der Waals surface area contributed by atoms with Crippen LogP contribution in [0, 0.1) is 18.8 Å². The van der Waals surface area contributed by atoms with Crippen molar-refractivity contribution in [2.24, 2.45) is 11.8 Å². The predicted molar refractivity (Wildman–Crippen MR) is 130 cm³/mol. The van der Waals surface area contributed by atoms with Gasteiger partial charge in [-0.25, -0.2) is 0 Å². The topological polar surface area (TPSA) is 6.48 Å². The van der Waals surface area contributed by atoms with Gasteiger partial charge >= 0.3 is 0 Å². The fourth-order valence-electron chi connectivity index (χ4n) is 7.97. The number of hydrogen-bond donors (Lipinski definition) is 0. The molecular formula is C29H36N2. The highest BCUT2D eigenvalue weighted by molar-refractivity contribution is 5.83. The third kappa shape index (κ3) is 2.51. The summed E-state index contributed by atoms with van der Waals surface area (Å²) in [6.07, 6.45) is 11.5. The molecule has 0 bridgehead atoms. The average molecular weight is 413 g/mol. The SMILES string of the molecule is CC1=C2c3ccccc3C(C3CCCC3)(C3CCCC3)N2C(C)N1c1ccccc1C. The third-order valence-corrected chi connectivity index (χ3v) is 9.03. The van der Waals surface area contributed by atoms with Crippen molar-refractivity contribution < 1.29 is 0 Å². The van der Waals surface area contributed by atoms with Crippen molar-refractivity contribution in [1.29, 1.82) is 0 Å². The van der Waals surface area contributed by atoms with Crippen LogP contribution in [0.3, 0.4) is 0 Å². The molecule has 4 aliphatic rings. The molecule has 1 atom stereocenters. The van der Waals surface area contributed by atoms with Gasteiger partial charge in [0.15, 0.2) is 0 Å². The fraction of sp³-hybridized carbons (Fsp3) is 0.517. The maximum absolute atomic E-state index is 2.94. The van der Waals surface area contributed by atoms with Crippen molar-refractivity contribution in [1.82, 2.24) is 4.90 Å². The summed E-state index contributed by atoms with van der Waals surface area (Å²) in [7, 11) is 0. The first-order chi connectivity index (χ1) is 15.2. The summed E-state index contributed by atoms with van der Waals surface area (Å²) in [5.41, 5.74) is 9.05. The molecule has 0 saturated heterocycles. The van der Waals surface area contributed by atoms with Gasteiger partial charge in [-0.3, -0.25) is 0 Å². The molecule has 2 saturated carbocycles. The molecular weight excluding hydrogens is 376 g/mol. The zero-order valence-corrected chi connectivity index (χ0v) is 19.4. The summed E-state index contributed by atoms with van der Waals surface area (Å²) in [6.45, 7) is 7.10. The predicted octanol–water partition coefficient (Wildman–Crippen LogP) is 7.44. The first-order valence-corrected chi connectivity index (χ1v) is 12.6. The van der Waals surface area contributed by atoms with Crippen LogP contribution in [0.2, 0.25) is 0 Å². The molecule has 2 heterocycles. The van der Waals surface area contributed by atoms with Crippen molar-refractivity contribution in [2.45, 2.75) is 83.8 Å². The molecule has 31 heavy (non-hydrogen) atoms. The second-order valence-corrected chi connectivity index (χ2v) is 10.4. The number of aryl methyl sites for hydroxylation is 1. The van der Waals surface area contributed by atoms with Gasteiger partial charge in [-0.2, -0.15) is 0 Å². The number of hydrogen-bond acceptors (Lipinski definition) is 2. The summed E-state index contributed by atoms with van der Waals surface area (Å²) in [4.78, 5) is 5.57. The minimum atomic E-state index is 0.178. The number of rotatable bonds is 3. The molecule has 2 fully saturated rings. The molecule has 0 aromatic heterocycles. The van der Waals surface area contributed by atoms with Crippen molar-refractivity contribution in [3.05, 3.63) is 70.9 Å². The van der Waals surface area contributed by atoms with E-state index in [1.54, 1.807) is 5.56 Å². The van der Waals surface area contributed by atoms with E-state index in [-0.39, 0.29) is 5.54 Å². The largest absolute Gasteiger partial charge is 0.339 e.